The second-order valence-corrected chi connectivity index (χ2v) is 7.98. The standard InChI is InChI=1S/C24H30N2O4/c27-21(17-25-12-14-26(15-13-25)24(28)23-7-4-16-29-23)18-30-22-10-8-20(9-11-22)19-5-2-1-3-6-19/h1-3,5-6,8-11,21,23,27H,4,7,12-18H2. The van der Waals surface area contributed by atoms with E-state index in [1.807, 2.05) is 47.4 Å². The maximum atomic E-state index is 12.4. The molecule has 0 radical (unpaired) electrons. The van der Waals surface area contributed by atoms with Gasteiger partial charge in [0.25, 0.3) is 5.91 Å². The first-order chi connectivity index (χ1) is 14.7. The molecule has 1 amide bonds. The fourth-order valence-corrected chi connectivity index (χ4v) is 4.04. The molecule has 2 aromatic rings. The molecule has 160 valence electrons. The quantitative estimate of drug-likeness (QED) is 0.760. The molecule has 2 fully saturated rings. The molecule has 0 bridgehead atoms. The molecule has 0 aromatic heterocycles. The summed E-state index contributed by atoms with van der Waals surface area (Å²) in [5.41, 5.74) is 2.31. The van der Waals surface area contributed by atoms with Crippen LogP contribution in [0.1, 0.15) is 12.8 Å². The zero-order chi connectivity index (χ0) is 20.8. The van der Waals surface area contributed by atoms with Gasteiger partial charge >= 0.3 is 0 Å². The van der Waals surface area contributed by atoms with Gasteiger partial charge in [-0.3, -0.25) is 9.69 Å². The summed E-state index contributed by atoms with van der Waals surface area (Å²) in [6.45, 7) is 4.39. The van der Waals surface area contributed by atoms with E-state index in [0.29, 0.717) is 26.2 Å². The Morgan fingerprint density at radius 1 is 1.03 bits per heavy atom. The van der Waals surface area contributed by atoms with Gasteiger partial charge in [-0.2, -0.15) is 0 Å². The molecule has 2 aliphatic heterocycles. The summed E-state index contributed by atoms with van der Waals surface area (Å²) >= 11 is 0. The Balaban J connectivity index is 1.18. The number of carbonyl (C=O) groups is 1. The van der Waals surface area contributed by atoms with Gasteiger partial charge in [0, 0.05) is 39.3 Å². The van der Waals surface area contributed by atoms with Gasteiger partial charge < -0.3 is 19.5 Å². The number of nitrogens with zero attached hydrogens (tertiary/aromatic N) is 2. The molecular formula is C24H30N2O4. The first-order valence-corrected chi connectivity index (χ1v) is 10.8. The molecule has 4 rings (SSSR count). The lowest BCUT2D eigenvalue weighted by Gasteiger charge is -2.36. The molecule has 2 aromatic carbocycles. The second kappa shape index (κ2) is 10.1. The van der Waals surface area contributed by atoms with Crippen LogP contribution in [0.5, 0.6) is 5.75 Å². The van der Waals surface area contributed by atoms with Crippen molar-refractivity contribution in [3.05, 3.63) is 54.6 Å². The average molecular weight is 411 g/mol. The third-order valence-electron chi connectivity index (χ3n) is 5.76. The van der Waals surface area contributed by atoms with Gasteiger partial charge in [0.2, 0.25) is 0 Å². The number of benzene rings is 2. The molecule has 2 heterocycles. The zero-order valence-corrected chi connectivity index (χ0v) is 17.3. The van der Waals surface area contributed by atoms with Crippen molar-refractivity contribution in [3.8, 4) is 16.9 Å². The lowest BCUT2D eigenvalue weighted by atomic mass is 10.1. The molecule has 0 spiro atoms. The van der Waals surface area contributed by atoms with Crippen molar-refractivity contribution in [2.45, 2.75) is 25.0 Å². The summed E-state index contributed by atoms with van der Waals surface area (Å²) in [4.78, 5) is 16.5. The number of β-amino-alcohol motifs (C(OH)–C–C–N with tert-alkyl or cyclic N) is 1. The van der Waals surface area contributed by atoms with E-state index < -0.39 is 6.10 Å². The number of piperazine rings is 1. The Morgan fingerprint density at radius 3 is 2.40 bits per heavy atom. The highest BCUT2D eigenvalue weighted by molar-refractivity contribution is 5.81. The van der Waals surface area contributed by atoms with Crippen LogP contribution < -0.4 is 4.74 Å². The predicted octanol–water partition coefficient (Wildman–Crippen LogP) is 2.42. The van der Waals surface area contributed by atoms with E-state index in [-0.39, 0.29) is 18.6 Å². The Labute approximate surface area is 178 Å². The van der Waals surface area contributed by atoms with E-state index >= 15 is 0 Å². The Hall–Kier alpha value is -2.41. The Bertz CT molecular complexity index is 798. The van der Waals surface area contributed by atoms with Crippen LogP contribution in [0.3, 0.4) is 0 Å². The molecule has 2 atom stereocenters. The van der Waals surface area contributed by atoms with Crippen LogP contribution in [0.4, 0.5) is 0 Å². The normalized spacial score (nSPS) is 20.8. The monoisotopic (exact) mass is 410 g/mol. The van der Waals surface area contributed by atoms with Crippen molar-refractivity contribution in [1.82, 2.24) is 9.80 Å². The SMILES string of the molecule is O=C(C1CCCO1)N1CCN(CC(O)COc2ccc(-c3ccccc3)cc2)CC1. The lowest BCUT2D eigenvalue weighted by molar-refractivity contribution is -0.142. The van der Waals surface area contributed by atoms with Crippen LogP contribution in [-0.4, -0.2) is 79.0 Å². The highest BCUT2D eigenvalue weighted by Gasteiger charge is 2.30. The minimum Gasteiger partial charge on any atom is -0.491 e. The summed E-state index contributed by atoms with van der Waals surface area (Å²) in [7, 11) is 0. The number of hydrogen-bond acceptors (Lipinski definition) is 5. The predicted molar refractivity (Wildman–Crippen MR) is 115 cm³/mol. The zero-order valence-electron chi connectivity index (χ0n) is 17.3. The second-order valence-electron chi connectivity index (χ2n) is 7.98. The van der Waals surface area contributed by atoms with Gasteiger partial charge in [-0.15, -0.1) is 0 Å². The molecule has 0 aliphatic carbocycles. The molecule has 6 nitrogen and oxygen atoms in total. The van der Waals surface area contributed by atoms with Crippen LogP contribution in [0.25, 0.3) is 11.1 Å². The molecule has 2 unspecified atom stereocenters. The summed E-state index contributed by atoms with van der Waals surface area (Å²) in [6, 6.07) is 18.1. The van der Waals surface area contributed by atoms with Crippen molar-refractivity contribution in [1.29, 1.82) is 0 Å². The summed E-state index contributed by atoms with van der Waals surface area (Å²) in [5, 5.41) is 10.4. The van der Waals surface area contributed by atoms with Gasteiger partial charge in [-0.25, -0.2) is 0 Å². The fraction of sp³-hybridized carbons (Fsp3) is 0.458. The van der Waals surface area contributed by atoms with E-state index in [4.69, 9.17) is 9.47 Å². The van der Waals surface area contributed by atoms with Gasteiger partial charge in [0.15, 0.2) is 0 Å². The number of aliphatic hydroxyl groups is 1. The summed E-state index contributed by atoms with van der Waals surface area (Å²) in [6.07, 6.45) is 0.988. The minimum atomic E-state index is -0.570. The first-order valence-electron chi connectivity index (χ1n) is 10.8. The smallest absolute Gasteiger partial charge is 0.251 e. The number of carbonyl (C=O) groups excluding carboxylic acids is 1. The van der Waals surface area contributed by atoms with E-state index in [2.05, 4.69) is 17.0 Å². The highest BCUT2D eigenvalue weighted by atomic mass is 16.5. The number of amides is 1. The number of ether oxygens (including phenoxy) is 2. The third kappa shape index (κ3) is 5.39. The number of hydrogen-bond donors (Lipinski definition) is 1. The van der Waals surface area contributed by atoms with Crippen molar-refractivity contribution in [2.75, 3.05) is 45.9 Å². The van der Waals surface area contributed by atoms with Crippen molar-refractivity contribution < 1.29 is 19.4 Å². The van der Waals surface area contributed by atoms with Crippen LogP contribution in [0.2, 0.25) is 0 Å². The van der Waals surface area contributed by atoms with Gasteiger partial charge in [0.1, 0.15) is 24.6 Å². The average Bonchev–Trinajstić information content (AvgIpc) is 3.34. The number of aliphatic hydroxyl groups excluding tert-OH is 1. The Morgan fingerprint density at radius 2 is 1.73 bits per heavy atom. The lowest BCUT2D eigenvalue weighted by Crippen LogP contribution is -2.53. The summed E-state index contributed by atoms with van der Waals surface area (Å²) < 4.78 is 11.3. The van der Waals surface area contributed by atoms with Gasteiger partial charge in [-0.05, 0) is 36.1 Å². The Kier molecular flexibility index (Phi) is 7.00. The topological polar surface area (TPSA) is 62.2 Å². The van der Waals surface area contributed by atoms with Gasteiger partial charge in [-0.1, -0.05) is 42.5 Å². The van der Waals surface area contributed by atoms with Crippen LogP contribution in [0, 0.1) is 0 Å². The van der Waals surface area contributed by atoms with Crippen molar-refractivity contribution in [2.24, 2.45) is 0 Å². The molecule has 6 heteroatoms. The van der Waals surface area contributed by atoms with Gasteiger partial charge in [0.05, 0.1) is 0 Å². The van der Waals surface area contributed by atoms with Crippen LogP contribution >= 0.6 is 0 Å². The fourth-order valence-electron chi connectivity index (χ4n) is 4.04. The molecule has 30 heavy (non-hydrogen) atoms. The van der Waals surface area contributed by atoms with E-state index in [0.717, 1.165) is 37.2 Å². The molecule has 2 aliphatic rings. The maximum Gasteiger partial charge on any atom is 0.251 e. The number of rotatable bonds is 7. The van der Waals surface area contributed by atoms with E-state index in [9.17, 15) is 9.90 Å². The highest BCUT2D eigenvalue weighted by Crippen LogP contribution is 2.22. The largest absolute Gasteiger partial charge is 0.491 e. The molecule has 0 saturated carbocycles. The van der Waals surface area contributed by atoms with Crippen LogP contribution in [0.15, 0.2) is 54.6 Å². The minimum absolute atomic E-state index is 0.120. The molecule has 1 N–H and O–H groups in total. The van der Waals surface area contributed by atoms with E-state index in [1.54, 1.807) is 0 Å². The summed E-state index contributed by atoms with van der Waals surface area (Å²) in [5.74, 6) is 0.871. The molecular weight excluding hydrogens is 380 g/mol. The first kappa shape index (κ1) is 20.8. The van der Waals surface area contributed by atoms with E-state index in [1.165, 1.54) is 5.56 Å². The van der Waals surface area contributed by atoms with Crippen molar-refractivity contribution >= 4 is 5.91 Å². The third-order valence-corrected chi connectivity index (χ3v) is 5.76. The van der Waals surface area contributed by atoms with Crippen LogP contribution in [-0.2, 0) is 9.53 Å². The maximum absolute atomic E-state index is 12.4. The molecule has 2 saturated heterocycles. The van der Waals surface area contributed by atoms with Crippen molar-refractivity contribution in [3.63, 3.8) is 0 Å².